The standard InChI is InChI=1S/C22H39FN8O2/c1-14(32)30-9-5-22(13-30)3-7-29(8-4-22)17-2-6-25-11-16(17)27-21(33)18-19(24)28-31-12-15(23)10-26-20(18)31/h15-20,25-26,28H,2-13,24H2,1H3,(H,27,33). The van der Waals surface area contributed by atoms with Crippen LogP contribution in [0.4, 0.5) is 4.39 Å². The van der Waals surface area contributed by atoms with Crippen LogP contribution in [0.15, 0.2) is 0 Å². The number of likely N-dealkylation sites (tertiary alicyclic amines) is 2. The molecule has 6 atom stereocenters. The van der Waals surface area contributed by atoms with Gasteiger partial charge in [-0.15, -0.1) is 0 Å². The summed E-state index contributed by atoms with van der Waals surface area (Å²) >= 11 is 0. The average molecular weight is 467 g/mol. The number of carbonyl (C=O) groups is 2. The van der Waals surface area contributed by atoms with E-state index in [4.69, 9.17) is 5.73 Å². The number of nitrogens with zero attached hydrogens (tertiary/aromatic N) is 3. The molecule has 33 heavy (non-hydrogen) atoms. The van der Waals surface area contributed by atoms with Gasteiger partial charge in [0.25, 0.3) is 0 Å². The number of alkyl halides is 1. The number of nitrogens with two attached hydrogens (primary N) is 1. The average Bonchev–Trinajstić information content (AvgIpc) is 3.35. The van der Waals surface area contributed by atoms with Crippen molar-refractivity contribution in [3.05, 3.63) is 0 Å². The van der Waals surface area contributed by atoms with E-state index in [9.17, 15) is 14.0 Å². The van der Waals surface area contributed by atoms with Crippen molar-refractivity contribution < 1.29 is 14.0 Å². The number of halogens is 1. The maximum absolute atomic E-state index is 13.8. The maximum Gasteiger partial charge on any atom is 0.229 e. The third-order valence-corrected chi connectivity index (χ3v) is 8.61. The summed E-state index contributed by atoms with van der Waals surface area (Å²) in [6, 6.07) is 0.297. The number of carbonyl (C=O) groups excluding carboxylic acids is 2. The molecule has 0 radical (unpaired) electrons. The van der Waals surface area contributed by atoms with Crippen molar-refractivity contribution in [3.8, 4) is 0 Å². The van der Waals surface area contributed by atoms with Gasteiger partial charge in [0.15, 0.2) is 0 Å². The van der Waals surface area contributed by atoms with Crippen molar-refractivity contribution in [1.82, 2.24) is 36.2 Å². The summed E-state index contributed by atoms with van der Waals surface area (Å²) in [5.74, 6) is -0.365. The van der Waals surface area contributed by atoms with Gasteiger partial charge in [-0.1, -0.05) is 0 Å². The Hall–Kier alpha value is -1.37. The number of hydrogen-bond donors (Lipinski definition) is 5. The molecule has 6 unspecified atom stereocenters. The highest BCUT2D eigenvalue weighted by Crippen LogP contribution is 2.41. The van der Waals surface area contributed by atoms with E-state index in [0.29, 0.717) is 0 Å². The van der Waals surface area contributed by atoms with Crippen molar-refractivity contribution in [1.29, 1.82) is 0 Å². The zero-order chi connectivity index (χ0) is 23.2. The van der Waals surface area contributed by atoms with Gasteiger partial charge in [0.05, 0.1) is 24.3 Å². The van der Waals surface area contributed by atoms with E-state index in [1.54, 1.807) is 11.9 Å². The first kappa shape index (κ1) is 23.4. The van der Waals surface area contributed by atoms with Crippen LogP contribution in [-0.4, -0.2) is 110 Å². The molecule has 5 fully saturated rings. The van der Waals surface area contributed by atoms with E-state index in [2.05, 4.69) is 26.3 Å². The summed E-state index contributed by atoms with van der Waals surface area (Å²) in [5, 5.41) is 11.6. The summed E-state index contributed by atoms with van der Waals surface area (Å²) in [5.41, 5.74) is 9.56. The number of piperidine rings is 2. The second-order valence-electron chi connectivity index (χ2n) is 10.7. The summed E-state index contributed by atoms with van der Waals surface area (Å²) < 4.78 is 13.8. The van der Waals surface area contributed by atoms with Gasteiger partial charge in [-0.3, -0.25) is 19.8 Å². The third-order valence-electron chi connectivity index (χ3n) is 8.61. The first-order valence-electron chi connectivity index (χ1n) is 12.5. The molecule has 186 valence electrons. The highest BCUT2D eigenvalue weighted by molar-refractivity contribution is 5.81. The zero-order valence-electron chi connectivity index (χ0n) is 19.6. The number of hydrazine groups is 1. The van der Waals surface area contributed by atoms with Crippen LogP contribution < -0.4 is 27.1 Å². The fourth-order valence-electron chi connectivity index (χ4n) is 6.63. The van der Waals surface area contributed by atoms with Crippen LogP contribution >= 0.6 is 0 Å². The van der Waals surface area contributed by atoms with E-state index >= 15 is 0 Å². The molecule has 6 N–H and O–H groups in total. The van der Waals surface area contributed by atoms with Crippen molar-refractivity contribution in [2.75, 3.05) is 52.4 Å². The molecule has 0 aromatic heterocycles. The van der Waals surface area contributed by atoms with Crippen LogP contribution in [0.25, 0.3) is 0 Å². The number of hydrogen-bond acceptors (Lipinski definition) is 8. The molecule has 0 aromatic carbocycles. The molecule has 5 heterocycles. The zero-order valence-corrected chi connectivity index (χ0v) is 19.6. The van der Waals surface area contributed by atoms with Crippen LogP contribution in [0.2, 0.25) is 0 Å². The summed E-state index contributed by atoms with van der Waals surface area (Å²) in [6.45, 7) is 7.60. The molecule has 10 nitrogen and oxygen atoms in total. The molecule has 11 heteroatoms. The number of nitrogens with one attached hydrogen (secondary N) is 4. The minimum Gasteiger partial charge on any atom is -0.350 e. The predicted octanol–water partition coefficient (Wildman–Crippen LogP) is -1.84. The smallest absolute Gasteiger partial charge is 0.229 e. The topological polar surface area (TPSA) is 118 Å². The fourth-order valence-corrected chi connectivity index (χ4v) is 6.63. The van der Waals surface area contributed by atoms with E-state index in [0.717, 1.165) is 65.0 Å². The predicted molar refractivity (Wildman–Crippen MR) is 121 cm³/mol. The van der Waals surface area contributed by atoms with E-state index in [-0.39, 0.29) is 48.6 Å². The van der Waals surface area contributed by atoms with Crippen LogP contribution in [-0.2, 0) is 9.59 Å². The van der Waals surface area contributed by atoms with Crippen LogP contribution in [0.1, 0.15) is 32.6 Å². The lowest BCUT2D eigenvalue weighted by atomic mass is 9.77. The van der Waals surface area contributed by atoms with Crippen molar-refractivity contribution in [3.63, 3.8) is 0 Å². The molecular weight excluding hydrogens is 427 g/mol. The van der Waals surface area contributed by atoms with E-state index in [1.807, 2.05) is 4.90 Å². The highest BCUT2D eigenvalue weighted by atomic mass is 19.1. The minimum absolute atomic E-state index is 0.0105. The Labute approximate surface area is 195 Å². The normalized spacial score (nSPS) is 39.5. The second-order valence-corrected chi connectivity index (χ2v) is 10.7. The van der Waals surface area contributed by atoms with Gasteiger partial charge in [0, 0.05) is 45.7 Å². The van der Waals surface area contributed by atoms with E-state index in [1.165, 1.54) is 0 Å². The molecular formula is C22H39FN8O2. The fraction of sp³-hybridized carbons (Fsp3) is 0.909. The minimum atomic E-state index is -0.973. The molecule has 5 aliphatic rings. The molecule has 5 aliphatic heterocycles. The molecule has 2 amide bonds. The maximum atomic E-state index is 13.8. The van der Waals surface area contributed by atoms with Gasteiger partial charge in [0.2, 0.25) is 11.8 Å². The summed E-state index contributed by atoms with van der Waals surface area (Å²) in [4.78, 5) is 29.6. The number of rotatable bonds is 3. The lowest BCUT2D eigenvalue weighted by molar-refractivity contribution is -0.128. The molecule has 0 saturated carbocycles. The molecule has 0 aliphatic carbocycles. The molecule has 5 saturated heterocycles. The first-order chi connectivity index (χ1) is 15.8. The number of amides is 2. The van der Waals surface area contributed by atoms with Crippen molar-refractivity contribution in [2.24, 2.45) is 17.1 Å². The molecule has 1 spiro atoms. The van der Waals surface area contributed by atoms with Crippen molar-refractivity contribution >= 4 is 11.8 Å². The van der Waals surface area contributed by atoms with Gasteiger partial charge in [-0.25, -0.2) is 14.8 Å². The molecule has 5 rings (SSSR count). The quantitative estimate of drug-likeness (QED) is 0.329. The van der Waals surface area contributed by atoms with Gasteiger partial charge in [0.1, 0.15) is 6.17 Å². The Balaban J connectivity index is 1.19. The van der Waals surface area contributed by atoms with Crippen LogP contribution in [0.3, 0.4) is 0 Å². The van der Waals surface area contributed by atoms with Crippen LogP contribution in [0, 0.1) is 11.3 Å². The van der Waals surface area contributed by atoms with Crippen molar-refractivity contribution in [2.45, 2.75) is 63.2 Å². The van der Waals surface area contributed by atoms with Gasteiger partial charge in [-0.2, -0.15) is 0 Å². The Kier molecular flexibility index (Phi) is 6.62. The number of fused-ring (bicyclic) bond motifs is 1. The molecule has 0 aromatic rings. The summed E-state index contributed by atoms with van der Waals surface area (Å²) in [7, 11) is 0. The Morgan fingerprint density at radius 2 is 1.91 bits per heavy atom. The monoisotopic (exact) mass is 466 g/mol. The SMILES string of the molecule is CC(=O)N1CCC2(CCN(C3CCNCC3NC(=O)C3C(N)NN4CC(F)CNC34)CC2)C1. The molecule has 0 bridgehead atoms. The van der Waals surface area contributed by atoms with Crippen LogP contribution in [0.5, 0.6) is 0 Å². The van der Waals surface area contributed by atoms with E-state index < -0.39 is 18.3 Å². The van der Waals surface area contributed by atoms with Gasteiger partial charge in [-0.05, 0) is 50.7 Å². The highest BCUT2D eigenvalue weighted by Gasteiger charge is 2.48. The largest absolute Gasteiger partial charge is 0.350 e. The third kappa shape index (κ3) is 4.63. The Bertz CT molecular complexity index is 748. The Morgan fingerprint density at radius 1 is 1.15 bits per heavy atom. The lowest BCUT2D eigenvalue weighted by Gasteiger charge is -2.46. The van der Waals surface area contributed by atoms with Gasteiger partial charge >= 0.3 is 0 Å². The summed E-state index contributed by atoms with van der Waals surface area (Å²) in [6.07, 6.45) is 2.49. The van der Waals surface area contributed by atoms with Gasteiger partial charge < -0.3 is 21.3 Å². The first-order valence-corrected chi connectivity index (χ1v) is 12.5. The Morgan fingerprint density at radius 3 is 2.64 bits per heavy atom. The lowest BCUT2D eigenvalue weighted by Crippen LogP contribution is -2.64. The second kappa shape index (κ2) is 9.35.